The normalized spacial score (nSPS) is 10.1. The quantitative estimate of drug-likeness (QED) is 0.615. The second kappa shape index (κ2) is 2.73. The zero-order valence-electron chi connectivity index (χ0n) is 6.73. The molecule has 1 aromatic carbocycles. The lowest BCUT2D eigenvalue weighted by Gasteiger charge is -1.92. The van der Waals surface area contributed by atoms with Gasteiger partial charge >= 0.3 is 0 Å². The summed E-state index contributed by atoms with van der Waals surface area (Å²) in [5.74, 6) is 0. The Morgan fingerprint density at radius 3 is 3.00 bits per heavy atom. The number of aromatic nitrogens is 4. The van der Waals surface area contributed by atoms with Crippen LogP contribution < -0.4 is 4.80 Å². The maximum Gasteiger partial charge on any atom is 0.269 e. The van der Waals surface area contributed by atoms with Gasteiger partial charge in [-0.1, -0.05) is 12.1 Å². The minimum Gasteiger partial charge on any atom is -0.166 e. The molecule has 12 heavy (non-hydrogen) atoms. The van der Waals surface area contributed by atoms with Crippen LogP contribution in [0.15, 0.2) is 30.6 Å². The summed E-state index contributed by atoms with van der Waals surface area (Å²) in [5.41, 5.74) is 2.20. The summed E-state index contributed by atoms with van der Waals surface area (Å²) in [6.07, 6.45) is 1.54. The largest absolute Gasteiger partial charge is 0.269 e. The Labute approximate surface area is 69.8 Å². The van der Waals surface area contributed by atoms with Gasteiger partial charge in [0.15, 0.2) is 10.9 Å². The van der Waals surface area contributed by atoms with Crippen molar-refractivity contribution in [1.29, 1.82) is 0 Å². The Hall–Kier alpha value is -1.71. The third kappa shape index (κ3) is 1.18. The first-order valence-corrected chi connectivity index (χ1v) is 3.72. The van der Waals surface area contributed by atoms with Crippen LogP contribution in [0.5, 0.6) is 0 Å². The molecule has 4 nitrogen and oxygen atoms in total. The van der Waals surface area contributed by atoms with E-state index in [4.69, 9.17) is 0 Å². The van der Waals surface area contributed by atoms with Crippen LogP contribution in [0.3, 0.4) is 0 Å². The third-order valence-corrected chi connectivity index (χ3v) is 1.63. The topological polar surface area (TPSA) is 45.5 Å². The fourth-order valence-electron chi connectivity index (χ4n) is 1.07. The average Bonchev–Trinajstić information content (AvgIpc) is 2.56. The summed E-state index contributed by atoms with van der Waals surface area (Å²) in [6, 6.07) is 8.03. The summed E-state index contributed by atoms with van der Waals surface area (Å²) in [7, 11) is 0. The van der Waals surface area contributed by atoms with Crippen LogP contribution in [0.1, 0.15) is 5.56 Å². The van der Waals surface area contributed by atoms with Crippen LogP contribution in [-0.4, -0.2) is 15.4 Å². The number of benzene rings is 1. The molecule has 0 aliphatic carbocycles. The van der Waals surface area contributed by atoms with Gasteiger partial charge in [-0.25, -0.2) is 0 Å². The van der Waals surface area contributed by atoms with E-state index >= 15 is 0 Å². The van der Waals surface area contributed by atoms with Gasteiger partial charge in [0.05, 0.1) is 5.10 Å². The number of hydrogen-bond acceptors (Lipinski definition) is 2. The second-order valence-corrected chi connectivity index (χ2v) is 2.61. The number of tetrazole rings is 1. The van der Waals surface area contributed by atoms with Gasteiger partial charge in [0, 0.05) is 0 Å². The number of aromatic amines is 1. The van der Waals surface area contributed by atoms with Gasteiger partial charge in [-0.2, -0.15) is 5.10 Å². The number of nitrogens with zero attached hydrogens (tertiary/aromatic N) is 3. The van der Waals surface area contributed by atoms with Gasteiger partial charge in [-0.3, -0.25) is 0 Å². The van der Waals surface area contributed by atoms with E-state index in [-0.39, 0.29) is 0 Å². The summed E-state index contributed by atoms with van der Waals surface area (Å²) in [4.78, 5) is 1.62. The zero-order valence-corrected chi connectivity index (χ0v) is 6.73. The summed E-state index contributed by atoms with van der Waals surface area (Å²) >= 11 is 0. The molecule has 2 rings (SSSR count). The van der Waals surface area contributed by atoms with Crippen molar-refractivity contribution in [2.45, 2.75) is 6.92 Å². The molecule has 0 spiro atoms. The number of aryl methyl sites for hydroxylation is 1. The molecular weight excluding hydrogens is 152 g/mol. The Bertz CT molecular complexity index is 366. The lowest BCUT2D eigenvalue weighted by atomic mass is 10.2. The molecule has 0 saturated carbocycles. The summed E-state index contributed by atoms with van der Waals surface area (Å²) in [6.45, 7) is 2.04. The third-order valence-electron chi connectivity index (χ3n) is 1.63. The van der Waals surface area contributed by atoms with Crippen molar-refractivity contribution in [1.82, 2.24) is 15.4 Å². The molecule has 0 unspecified atom stereocenters. The first-order valence-electron chi connectivity index (χ1n) is 3.72. The van der Waals surface area contributed by atoms with E-state index in [9.17, 15) is 0 Å². The predicted molar refractivity (Wildman–Crippen MR) is 42.7 cm³/mol. The minimum atomic E-state index is 0.993. The SMILES string of the molecule is Cc1cccc(-[n+]2nnc[nH]2)c1. The summed E-state index contributed by atoms with van der Waals surface area (Å²) in [5, 5.41) is 10.4. The van der Waals surface area contributed by atoms with E-state index < -0.39 is 0 Å². The van der Waals surface area contributed by atoms with Crippen molar-refractivity contribution < 1.29 is 4.80 Å². The van der Waals surface area contributed by atoms with E-state index in [1.165, 1.54) is 5.56 Å². The van der Waals surface area contributed by atoms with Crippen LogP contribution in [0, 0.1) is 6.92 Å². The molecule has 1 heterocycles. The van der Waals surface area contributed by atoms with Crippen molar-refractivity contribution in [3.05, 3.63) is 36.2 Å². The molecule has 1 aromatic heterocycles. The summed E-state index contributed by atoms with van der Waals surface area (Å²) < 4.78 is 0. The second-order valence-electron chi connectivity index (χ2n) is 2.61. The molecule has 0 radical (unpaired) electrons. The molecule has 4 heteroatoms. The van der Waals surface area contributed by atoms with E-state index in [0.29, 0.717) is 0 Å². The van der Waals surface area contributed by atoms with Crippen molar-refractivity contribution in [2.24, 2.45) is 0 Å². The molecule has 60 valence electrons. The molecule has 2 aromatic rings. The Balaban J connectivity index is 2.48. The highest BCUT2D eigenvalue weighted by molar-refractivity contribution is 5.26. The van der Waals surface area contributed by atoms with Crippen molar-refractivity contribution in [3.8, 4) is 5.69 Å². The van der Waals surface area contributed by atoms with Gasteiger partial charge in [0.25, 0.3) is 6.33 Å². The average molecular weight is 161 g/mol. The number of nitrogens with one attached hydrogen (secondary N) is 1. The molecule has 1 N–H and O–H groups in total. The molecule has 0 aliphatic rings. The van der Waals surface area contributed by atoms with Crippen molar-refractivity contribution >= 4 is 0 Å². The standard InChI is InChI=1S/C8H8N4/c1-7-3-2-4-8(5-7)12-10-6-9-11-12/h2-6H,1H3/p+1. The maximum atomic E-state index is 3.84. The number of rotatable bonds is 1. The zero-order chi connectivity index (χ0) is 8.39. The van der Waals surface area contributed by atoms with Gasteiger partial charge < -0.3 is 0 Å². The highest BCUT2D eigenvalue weighted by atomic mass is 15.6. The molecule has 0 bridgehead atoms. The first kappa shape index (κ1) is 6.97. The predicted octanol–water partition coefficient (Wildman–Crippen LogP) is 0.390. The van der Waals surface area contributed by atoms with Crippen LogP contribution in [0.4, 0.5) is 0 Å². The van der Waals surface area contributed by atoms with E-state index in [0.717, 1.165) is 5.69 Å². The maximum absolute atomic E-state index is 3.84. The number of H-pyrrole nitrogens is 1. The molecule has 0 atom stereocenters. The lowest BCUT2D eigenvalue weighted by molar-refractivity contribution is -0.716. The van der Waals surface area contributed by atoms with Gasteiger partial charge in [-0.15, -0.1) is 0 Å². The van der Waals surface area contributed by atoms with Crippen molar-refractivity contribution in [3.63, 3.8) is 0 Å². The molecule has 0 amide bonds. The van der Waals surface area contributed by atoms with E-state index in [1.54, 1.807) is 11.1 Å². The molecule has 0 saturated heterocycles. The molecule has 0 fully saturated rings. The first-order chi connectivity index (χ1) is 5.86. The molecular formula is C8H9N4+. The Kier molecular flexibility index (Phi) is 1.59. The number of hydrogen-bond donors (Lipinski definition) is 1. The molecule has 0 aliphatic heterocycles. The van der Waals surface area contributed by atoms with Crippen LogP contribution in [-0.2, 0) is 0 Å². The fraction of sp³-hybridized carbons (Fsp3) is 0.125. The van der Waals surface area contributed by atoms with E-state index in [1.807, 2.05) is 31.2 Å². The monoisotopic (exact) mass is 161 g/mol. The van der Waals surface area contributed by atoms with Gasteiger partial charge in [-0.05, 0) is 29.4 Å². The Morgan fingerprint density at radius 1 is 1.42 bits per heavy atom. The van der Waals surface area contributed by atoms with Gasteiger partial charge in [0.1, 0.15) is 0 Å². The minimum absolute atomic E-state index is 0.993. The highest BCUT2D eigenvalue weighted by Crippen LogP contribution is 2.00. The highest BCUT2D eigenvalue weighted by Gasteiger charge is 2.03. The van der Waals surface area contributed by atoms with Gasteiger partial charge in [0.2, 0.25) is 0 Å². The fourth-order valence-corrected chi connectivity index (χ4v) is 1.07. The van der Waals surface area contributed by atoms with Crippen LogP contribution in [0.25, 0.3) is 5.69 Å². The lowest BCUT2D eigenvalue weighted by Crippen LogP contribution is -2.35. The van der Waals surface area contributed by atoms with Crippen molar-refractivity contribution in [2.75, 3.05) is 0 Å². The van der Waals surface area contributed by atoms with Crippen LogP contribution >= 0.6 is 0 Å². The van der Waals surface area contributed by atoms with Crippen LogP contribution in [0.2, 0.25) is 0 Å². The van der Waals surface area contributed by atoms with E-state index in [2.05, 4.69) is 15.4 Å². The smallest absolute Gasteiger partial charge is 0.166 e. The Morgan fingerprint density at radius 2 is 2.33 bits per heavy atom.